The highest BCUT2D eigenvalue weighted by Crippen LogP contribution is 2.28. The summed E-state index contributed by atoms with van der Waals surface area (Å²) >= 11 is 0. The van der Waals surface area contributed by atoms with E-state index in [9.17, 15) is 5.26 Å². The van der Waals surface area contributed by atoms with Crippen LogP contribution in [-0.4, -0.2) is 18.1 Å². The Morgan fingerprint density at radius 1 is 1.60 bits per heavy atom. The van der Waals surface area contributed by atoms with E-state index in [1.165, 1.54) is 6.42 Å². The van der Waals surface area contributed by atoms with Gasteiger partial charge in [0.25, 0.3) is 0 Å². The predicted octanol–water partition coefficient (Wildman–Crippen LogP) is 1.69. The number of rotatable bonds is 2. The largest absolute Gasteiger partial charge is 0.316 e. The van der Waals surface area contributed by atoms with E-state index in [0.29, 0.717) is 5.92 Å². The van der Waals surface area contributed by atoms with Crippen molar-refractivity contribution in [3.63, 3.8) is 0 Å². The lowest BCUT2D eigenvalue weighted by Gasteiger charge is -2.26. The van der Waals surface area contributed by atoms with Crippen LogP contribution in [0.15, 0.2) is 24.5 Å². The molecule has 3 nitrogen and oxygen atoms in total. The van der Waals surface area contributed by atoms with Gasteiger partial charge in [0.2, 0.25) is 0 Å². The summed E-state index contributed by atoms with van der Waals surface area (Å²) < 4.78 is 0. The van der Waals surface area contributed by atoms with Crippen LogP contribution in [0, 0.1) is 17.2 Å². The van der Waals surface area contributed by atoms with E-state index < -0.39 is 0 Å². The number of nitriles is 1. The first-order chi connectivity index (χ1) is 7.42. The summed E-state index contributed by atoms with van der Waals surface area (Å²) in [7, 11) is 0. The molecule has 0 radical (unpaired) electrons. The van der Waals surface area contributed by atoms with Crippen molar-refractivity contribution in [2.24, 2.45) is 5.92 Å². The second kappa shape index (κ2) is 4.90. The third-order valence-electron chi connectivity index (χ3n) is 2.99. The highest BCUT2D eigenvalue weighted by Gasteiger charge is 2.24. The van der Waals surface area contributed by atoms with E-state index in [4.69, 9.17) is 0 Å². The van der Waals surface area contributed by atoms with Gasteiger partial charge in [-0.15, -0.1) is 0 Å². The van der Waals surface area contributed by atoms with Crippen molar-refractivity contribution in [2.45, 2.75) is 18.8 Å². The average Bonchev–Trinajstić information content (AvgIpc) is 2.33. The zero-order valence-electron chi connectivity index (χ0n) is 8.69. The van der Waals surface area contributed by atoms with Gasteiger partial charge in [0.05, 0.1) is 12.0 Å². The zero-order chi connectivity index (χ0) is 10.5. The van der Waals surface area contributed by atoms with Gasteiger partial charge < -0.3 is 5.32 Å². The number of hydrogen-bond donors (Lipinski definition) is 1. The van der Waals surface area contributed by atoms with Gasteiger partial charge >= 0.3 is 0 Å². The second-order valence-corrected chi connectivity index (χ2v) is 4.00. The van der Waals surface area contributed by atoms with E-state index >= 15 is 0 Å². The molecule has 0 aromatic carbocycles. The first kappa shape index (κ1) is 10.1. The minimum atomic E-state index is -0.00787. The Morgan fingerprint density at radius 2 is 2.53 bits per heavy atom. The smallest absolute Gasteiger partial charge is 0.0767 e. The number of pyridine rings is 1. The van der Waals surface area contributed by atoms with Gasteiger partial charge in [0.1, 0.15) is 0 Å². The topological polar surface area (TPSA) is 48.7 Å². The van der Waals surface area contributed by atoms with Crippen molar-refractivity contribution in [2.75, 3.05) is 13.1 Å². The summed E-state index contributed by atoms with van der Waals surface area (Å²) in [6.07, 6.45) is 5.86. The van der Waals surface area contributed by atoms with Crippen LogP contribution in [0.2, 0.25) is 0 Å². The van der Waals surface area contributed by atoms with Gasteiger partial charge in [0.15, 0.2) is 0 Å². The van der Waals surface area contributed by atoms with Crippen molar-refractivity contribution >= 4 is 0 Å². The number of aromatic nitrogens is 1. The van der Waals surface area contributed by atoms with Crippen molar-refractivity contribution in [1.82, 2.24) is 10.3 Å². The Hall–Kier alpha value is -1.40. The van der Waals surface area contributed by atoms with Gasteiger partial charge in [-0.1, -0.05) is 6.07 Å². The quantitative estimate of drug-likeness (QED) is 0.792. The number of piperidine rings is 1. The SMILES string of the molecule is N#CC(c1cccnc1)C1CCCNC1. The maximum Gasteiger partial charge on any atom is 0.0767 e. The molecule has 0 saturated carbocycles. The van der Waals surface area contributed by atoms with Gasteiger partial charge in [-0.05, 0) is 43.5 Å². The molecular weight excluding hydrogens is 186 g/mol. The summed E-state index contributed by atoms with van der Waals surface area (Å²) in [6.45, 7) is 2.04. The molecule has 1 N–H and O–H groups in total. The zero-order valence-corrected chi connectivity index (χ0v) is 8.69. The molecule has 2 heterocycles. The van der Waals surface area contributed by atoms with E-state index in [0.717, 1.165) is 25.1 Å². The molecule has 1 aromatic rings. The standard InChI is InChI=1S/C12H15N3/c13-7-12(10-3-1-5-14-8-10)11-4-2-6-15-9-11/h1,3,5,8,11-12,15H,2,4,6,9H2. The predicted molar refractivity (Wildman–Crippen MR) is 58.2 cm³/mol. The second-order valence-electron chi connectivity index (χ2n) is 4.00. The Bertz CT molecular complexity index is 336. The molecule has 2 rings (SSSR count). The summed E-state index contributed by atoms with van der Waals surface area (Å²) in [6, 6.07) is 6.30. The minimum Gasteiger partial charge on any atom is -0.316 e. The maximum atomic E-state index is 9.23. The van der Waals surface area contributed by atoms with Gasteiger partial charge in [0, 0.05) is 12.4 Å². The highest BCUT2D eigenvalue weighted by molar-refractivity contribution is 5.22. The minimum absolute atomic E-state index is 0.00787. The third-order valence-corrected chi connectivity index (χ3v) is 2.99. The van der Waals surface area contributed by atoms with Gasteiger partial charge in [-0.25, -0.2) is 0 Å². The molecule has 3 heteroatoms. The van der Waals surface area contributed by atoms with Gasteiger partial charge in [-0.3, -0.25) is 4.98 Å². The molecule has 1 fully saturated rings. The number of nitrogens with one attached hydrogen (secondary N) is 1. The van der Waals surface area contributed by atoms with Crippen molar-refractivity contribution < 1.29 is 0 Å². The Morgan fingerprint density at radius 3 is 3.13 bits per heavy atom. The molecule has 0 aliphatic carbocycles. The van der Waals surface area contributed by atoms with Crippen LogP contribution >= 0.6 is 0 Å². The molecule has 1 aromatic heterocycles. The molecule has 1 aliphatic rings. The molecule has 1 saturated heterocycles. The van der Waals surface area contributed by atoms with Gasteiger partial charge in [-0.2, -0.15) is 5.26 Å². The number of nitrogens with zero attached hydrogens (tertiary/aromatic N) is 2. The Balaban J connectivity index is 2.14. The molecule has 2 atom stereocenters. The molecular formula is C12H15N3. The fourth-order valence-corrected chi connectivity index (χ4v) is 2.18. The fraction of sp³-hybridized carbons (Fsp3) is 0.500. The van der Waals surface area contributed by atoms with Crippen molar-refractivity contribution in [3.05, 3.63) is 30.1 Å². The lowest BCUT2D eigenvalue weighted by atomic mass is 9.83. The van der Waals surface area contributed by atoms with Crippen LogP contribution in [0.5, 0.6) is 0 Å². The molecule has 1 aliphatic heterocycles. The van der Waals surface area contributed by atoms with Crippen LogP contribution in [0.3, 0.4) is 0 Å². The first-order valence-electron chi connectivity index (χ1n) is 5.42. The average molecular weight is 201 g/mol. The third kappa shape index (κ3) is 2.34. The summed E-state index contributed by atoms with van der Waals surface area (Å²) in [4.78, 5) is 4.08. The van der Waals surface area contributed by atoms with Crippen LogP contribution < -0.4 is 5.32 Å². The molecule has 2 unspecified atom stereocenters. The maximum absolute atomic E-state index is 9.23. The van der Waals surface area contributed by atoms with E-state index in [1.807, 2.05) is 18.3 Å². The van der Waals surface area contributed by atoms with Crippen molar-refractivity contribution in [1.29, 1.82) is 5.26 Å². The number of hydrogen-bond acceptors (Lipinski definition) is 3. The molecule has 15 heavy (non-hydrogen) atoms. The van der Waals surface area contributed by atoms with Crippen LogP contribution in [0.4, 0.5) is 0 Å². The fourth-order valence-electron chi connectivity index (χ4n) is 2.18. The summed E-state index contributed by atoms with van der Waals surface area (Å²) in [5, 5.41) is 12.6. The normalized spacial score (nSPS) is 23.0. The van der Waals surface area contributed by atoms with E-state index in [-0.39, 0.29) is 5.92 Å². The van der Waals surface area contributed by atoms with Crippen LogP contribution in [0.1, 0.15) is 24.3 Å². The van der Waals surface area contributed by atoms with Crippen molar-refractivity contribution in [3.8, 4) is 6.07 Å². The molecule has 0 spiro atoms. The molecule has 0 bridgehead atoms. The molecule has 78 valence electrons. The lowest BCUT2D eigenvalue weighted by molar-refractivity contribution is 0.354. The van der Waals surface area contributed by atoms with Crippen LogP contribution in [0.25, 0.3) is 0 Å². The van der Waals surface area contributed by atoms with E-state index in [1.54, 1.807) is 6.20 Å². The Labute approximate surface area is 90.1 Å². The molecule has 0 amide bonds. The lowest BCUT2D eigenvalue weighted by Crippen LogP contribution is -2.32. The first-order valence-corrected chi connectivity index (χ1v) is 5.42. The van der Waals surface area contributed by atoms with Crippen LogP contribution in [-0.2, 0) is 0 Å². The van der Waals surface area contributed by atoms with E-state index in [2.05, 4.69) is 16.4 Å². The monoisotopic (exact) mass is 201 g/mol. The highest BCUT2D eigenvalue weighted by atomic mass is 14.9. The summed E-state index contributed by atoms with van der Waals surface area (Å²) in [5.74, 6) is 0.430. The Kier molecular flexibility index (Phi) is 3.31. The summed E-state index contributed by atoms with van der Waals surface area (Å²) in [5.41, 5.74) is 1.05.